The van der Waals surface area contributed by atoms with Crippen LogP contribution in [-0.2, 0) is 0 Å². The summed E-state index contributed by atoms with van der Waals surface area (Å²) in [6.07, 6.45) is 1.24. The minimum absolute atomic E-state index is 0.00792. The third-order valence-electron chi connectivity index (χ3n) is 4.34. The minimum atomic E-state index is -0.334. The van der Waals surface area contributed by atoms with Crippen molar-refractivity contribution in [2.75, 3.05) is 0 Å². The Morgan fingerprint density at radius 2 is 1.75 bits per heavy atom. The summed E-state index contributed by atoms with van der Waals surface area (Å²) < 4.78 is 0. The molecule has 4 atom stereocenters. The topological polar surface area (TPSA) is 40.5 Å². The molecular weight excluding hydrogens is 152 g/mol. The van der Waals surface area contributed by atoms with Gasteiger partial charge < -0.3 is 10.2 Å². The Bertz CT molecular complexity index is 212. The number of hydrogen-bond donors (Lipinski definition) is 2. The lowest BCUT2D eigenvalue weighted by atomic mass is 9.69. The van der Waals surface area contributed by atoms with Gasteiger partial charge >= 0.3 is 0 Å². The van der Waals surface area contributed by atoms with Crippen molar-refractivity contribution in [3.05, 3.63) is 0 Å². The Hall–Kier alpha value is -0.0800. The molecule has 2 N–H and O–H groups in total. The third kappa shape index (κ3) is 0.728. The highest BCUT2D eigenvalue weighted by atomic mass is 16.3. The van der Waals surface area contributed by atoms with Gasteiger partial charge in [0, 0.05) is 5.41 Å². The molecule has 70 valence electrons. The highest BCUT2D eigenvalue weighted by Gasteiger charge is 2.63. The van der Waals surface area contributed by atoms with Crippen LogP contribution in [0.2, 0.25) is 0 Å². The molecule has 0 aromatic carbocycles. The van der Waals surface area contributed by atoms with Crippen molar-refractivity contribution < 1.29 is 10.2 Å². The van der Waals surface area contributed by atoms with Crippen LogP contribution in [0.25, 0.3) is 0 Å². The predicted octanol–water partition coefficient (Wildman–Crippen LogP) is 1.16. The van der Waals surface area contributed by atoms with Crippen LogP contribution < -0.4 is 0 Å². The first-order chi connectivity index (χ1) is 5.39. The second-order valence-electron chi connectivity index (χ2n) is 5.38. The molecule has 2 heteroatoms. The van der Waals surface area contributed by atoms with Gasteiger partial charge in [-0.15, -0.1) is 0 Å². The lowest BCUT2D eigenvalue weighted by molar-refractivity contribution is -0.0970. The number of rotatable bonds is 0. The summed E-state index contributed by atoms with van der Waals surface area (Å²) in [4.78, 5) is 0. The third-order valence-corrected chi connectivity index (χ3v) is 4.34. The van der Waals surface area contributed by atoms with Crippen LogP contribution in [-0.4, -0.2) is 22.4 Å². The van der Waals surface area contributed by atoms with Crippen molar-refractivity contribution in [1.82, 2.24) is 0 Å². The van der Waals surface area contributed by atoms with E-state index in [1.807, 2.05) is 6.92 Å². The largest absolute Gasteiger partial charge is 0.392 e. The summed E-state index contributed by atoms with van der Waals surface area (Å²) in [5.41, 5.74) is -0.220. The van der Waals surface area contributed by atoms with E-state index in [0.717, 1.165) is 12.8 Å². The lowest BCUT2D eigenvalue weighted by Gasteiger charge is -2.41. The average Bonchev–Trinajstić information content (AvgIpc) is 2.34. The summed E-state index contributed by atoms with van der Waals surface area (Å²) >= 11 is 0. The molecule has 0 saturated heterocycles. The maximum atomic E-state index is 10.0. The first kappa shape index (κ1) is 8.52. The molecule has 2 fully saturated rings. The molecule has 2 aliphatic rings. The quantitative estimate of drug-likeness (QED) is 0.573. The van der Waals surface area contributed by atoms with E-state index in [4.69, 9.17) is 0 Å². The van der Waals surface area contributed by atoms with Gasteiger partial charge in [-0.05, 0) is 24.2 Å². The van der Waals surface area contributed by atoms with E-state index in [-0.39, 0.29) is 23.0 Å². The van der Waals surface area contributed by atoms with E-state index < -0.39 is 0 Å². The molecule has 0 aliphatic heterocycles. The second kappa shape index (κ2) is 2.05. The fraction of sp³-hybridized carbons (Fsp3) is 1.00. The van der Waals surface area contributed by atoms with Gasteiger partial charge in [-0.3, -0.25) is 0 Å². The molecule has 0 spiro atoms. The SMILES string of the molecule is CC1(C)[C@@H]2C[C@H](O)[C@](C)(C2)[C@@H]1O. The van der Waals surface area contributed by atoms with E-state index in [2.05, 4.69) is 13.8 Å². The van der Waals surface area contributed by atoms with Gasteiger partial charge in [0.05, 0.1) is 12.2 Å². The fourth-order valence-corrected chi connectivity index (χ4v) is 3.22. The van der Waals surface area contributed by atoms with Gasteiger partial charge in [0.2, 0.25) is 0 Å². The van der Waals surface area contributed by atoms with E-state index >= 15 is 0 Å². The highest BCUT2D eigenvalue weighted by molar-refractivity contribution is 5.12. The molecule has 2 rings (SSSR count). The normalized spacial score (nSPS) is 56.2. The van der Waals surface area contributed by atoms with E-state index in [9.17, 15) is 10.2 Å². The zero-order chi connectivity index (χ0) is 9.15. The summed E-state index contributed by atoms with van der Waals surface area (Å²) in [6.45, 7) is 6.23. The van der Waals surface area contributed by atoms with Gasteiger partial charge in [-0.1, -0.05) is 20.8 Å². The molecule has 2 aliphatic carbocycles. The Morgan fingerprint density at radius 1 is 1.17 bits per heavy atom. The summed E-state index contributed by atoms with van der Waals surface area (Å²) in [7, 11) is 0. The monoisotopic (exact) mass is 170 g/mol. The molecule has 2 nitrogen and oxygen atoms in total. The number of aliphatic hydroxyl groups excluding tert-OH is 2. The predicted molar refractivity (Wildman–Crippen MR) is 46.6 cm³/mol. The van der Waals surface area contributed by atoms with Crippen LogP contribution in [0.5, 0.6) is 0 Å². The Morgan fingerprint density at radius 3 is 2.08 bits per heavy atom. The Labute approximate surface area is 73.6 Å². The first-order valence-electron chi connectivity index (χ1n) is 4.75. The number of fused-ring (bicyclic) bond motifs is 2. The van der Waals surface area contributed by atoms with Gasteiger partial charge in [-0.2, -0.15) is 0 Å². The molecule has 2 saturated carbocycles. The van der Waals surface area contributed by atoms with Crippen molar-refractivity contribution in [1.29, 1.82) is 0 Å². The molecule has 0 amide bonds. The maximum Gasteiger partial charge on any atom is 0.0672 e. The molecule has 0 aromatic heterocycles. The Balaban J connectivity index is 2.36. The molecule has 2 bridgehead atoms. The molecule has 12 heavy (non-hydrogen) atoms. The van der Waals surface area contributed by atoms with Crippen molar-refractivity contribution in [3.63, 3.8) is 0 Å². The van der Waals surface area contributed by atoms with Crippen LogP contribution >= 0.6 is 0 Å². The molecular formula is C10H18O2. The van der Waals surface area contributed by atoms with Crippen molar-refractivity contribution >= 4 is 0 Å². The summed E-state index contributed by atoms with van der Waals surface area (Å²) in [6, 6.07) is 0. The highest BCUT2D eigenvalue weighted by Crippen LogP contribution is 2.62. The maximum absolute atomic E-state index is 10.0. The van der Waals surface area contributed by atoms with Gasteiger partial charge in [0.15, 0.2) is 0 Å². The van der Waals surface area contributed by atoms with Crippen molar-refractivity contribution in [2.24, 2.45) is 16.7 Å². The molecule has 0 aromatic rings. The Kier molecular flexibility index (Phi) is 1.45. The molecule has 0 radical (unpaired) electrons. The van der Waals surface area contributed by atoms with Crippen LogP contribution in [0.3, 0.4) is 0 Å². The molecule has 0 unspecified atom stereocenters. The zero-order valence-corrected chi connectivity index (χ0v) is 8.04. The van der Waals surface area contributed by atoms with E-state index in [0.29, 0.717) is 5.92 Å². The standard InChI is InChI=1S/C10H18O2/c1-9(2)6-4-7(11)10(3,5-6)8(9)12/h6-8,11-12H,4-5H2,1-3H3/t6-,7+,8-,10+/m1/s1. The van der Waals surface area contributed by atoms with E-state index in [1.54, 1.807) is 0 Å². The van der Waals surface area contributed by atoms with Gasteiger partial charge in [0.25, 0.3) is 0 Å². The van der Waals surface area contributed by atoms with Gasteiger partial charge in [0.1, 0.15) is 0 Å². The minimum Gasteiger partial charge on any atom is -0.392 e. The number of hydrogen-bond acceptors (Lipinski definition) is 2. The van der Waals surface area contributed by atoms with Crippen LogP contribution in [0.1, 0.15) is 33.6 Å². The van der Waals surface area contributed by atoms with Crippen molar-refractivity contribution in [3.8, 4) is 0 Å². The fourth-order valence-electron chi connectivity index (χ4n) is 3.22. The van der Waals surface area contributed by atoms with Crippen LogP contribution in [0.4, 0.5) is 0 Å². The number of aliphatic hydroxyl groups is 2. The molecule has 0 heterocycles. The smallest absolute Gasteiger partial charge is 0.0672 e. The average molecular weight is 170 g/mol. The van der Waals surface area contributed by atoms with Crippen LogP contribution in [0, 0.1) is 16.7 Å². The second-order valence-corrected chi connectivity index (χ2v) is 5.38. The van der Waals surface area contributed by atoms with Gasteiger partial charge in [-0.25, -0.2) is 0 Å². The van der Waals surface area contributed by atoms with Crippen LogP contribution in [0.15, 0.2) is 0 Å². The van der Waals surface area contributed by atoms with Crippen molar-refractivity contribution in [2.45, 2.75) is 45.8 Å². The first-order valence-corrected chi connectivity index (χ1v) is 4.75. The summed E-state index contributed by atoms with van der Waals surface area (Å²) in [5, 5.41) is 19.7. The summed E-state index contributed by atoms with van der Waals surface area (Å²) in [5.74, 6) is 0.507. The lowest BCUT2D eigenvalue weighted by Crippen LogP contribution is -2.47. The zero-order valence-electron chi connectivity index (χ0n) is 8.04. The van der Waals surface area contributed by atoms with E-state index in [1.165, 1.54) is 0 Å².